The Balaban J connectivity index is 1.94. The van der Waals surface area contributed by atoms with Crippen LogP contribution in [0.2, 0.25) is 5.02 Å². The van der Waals surface area contributed by atoms with Crippen molar-refractivity contribution in [1.29, 1.82) is 0 Å². The van der Waals surface area contributed by atoms with E-state index in [1.54, 1.807) is 0 Å². The number of nitrogens with zero attached hydrogens (tertiary/aromatic N) is 3. The Bertz CT molecular complexity index is 1030. The van der Waals surface area contributed by atoms with Gasteiger partial charge >= 0.3 is 6.18 Å². The van der Waals surface area contributed by atoms with Crippen molar-refractivity contribution in [2.24, 2.45) is 5.73 Å². The third kappa shape index (κ3) is 5.94. The first-order chi connectivity index (χ1) is 14.6. The molecule has 0 aliphatic carbocycles. The highest BCUT2D eigenvalue weighted by Crippen LogP contribution is 2.29. The number of benzene rings is 2. The van der Waals surface area contributed by atoms with E-state index in [4.69, 9.17) is 17.3 Å². The normalized spacial score (nSPS) is 12.5. The number of carbonyl (C=O) groups is 1. The molecule has 2 N–H and O–H groups in total. The molecule has 0 fully saturated rings. The maximum absolute atomic E-state index is 14.8. The average molecular weight is 457 g/mol. The van der Waals surface area contributed by atoms with Crippen molar-refractivity contribution >= 4 is 23.2 Å². The Labute approximate surface area is 179 Å². The van der Waals surface area contributed by atoms with Crippen LogP contribution < -0.4 is 10.6 Å². The molecule has 0 saturated heterocycles. The number of aromatic nitrogens is 2. The molecule has 3 rings (SSSR count). The van der Waals surface area contributed by atoms with E-state index in [1.807, 2.05) is 0 Å². The number of amides is 1. The van der Waals surface area contributed by atoms with Crippen molar-refractivity contribution < 1.29 is 26.9 Å². The Hall–Kier alpha value is -3.14. The van der Waals surface area contributed by atoms with E-state index in [0.717, 1.165) is 6.39 Å². The van der Waals surface area contributed by atoms with Crippen LogP contribution in [0.5, 0.6) is 0 Å². The zero-order valence-electron chi connectivity index (χ0n) is 15.9. The molecule has 1 aromatic heterocycles. The van der Waals surface area contributed by atoms with Gasteiger partial charge in [-0.15, -0.1) is 0 Å². The highest BCUT2D eigenvalue weighted by atomic mass is 35.5. The molecule has 31 heavy (non-hydrogen) atoms. The summed E-state index contributed by atoms with van der Waals surface area (Å²) in [5.41, 5.74) is 6.29. The number of alkyl halides is 3. The molecular formula is C20H17ClF4N4O2. The van der Waals surface area contributed by atoms with Crippen LogP contribution in [0.25, 0.3) is 11.4 Å². The van der Waals surface area contributed by atoms with Crippen molar-refractivity contribution in [3.05, 3.63) is 65.3 Å². The smallest absolute Gasteiger partial charge is 0.368 e. The topological polar surface area (TPSA) is 85.3 Å². The highest BCUT2D eigenvalue weighted by Gasteiger charge is 2.33. The van der Waals surface area contributed by atoms with E-state index >= 15 is 0 Å². The molecule has 3 aromatic rings. The Morgan fingerprint density at radius 3 is 2.45 bits per heavy atom. The lowest BCUT2D eigenvalue weighted by Crippen LogP contribution is -2.45. The SMILES string of the molecule is NC(=O)[C@@H](CCC(F)(F)F)N(Cc1ccc(-c2ncon2)cc1F)c1ccc(Cl)cc1. The monoisotopic (exact) mass is 456 g/mol. The quantitative estimate of drug-likeness (QED) is 0.495. The van der Waals surface area contributed by atoms with Gasteiger partial charge in [-0.25, -0.2) is 4.39 Å². The fourth-order valence-electron chi connectivity index (χ4n) is 3.06. The number of anilines is 1. The fraction of sp³-hybridized carbons (Fsp3) is 0.250. The zero-order valence-corrected chi connectivity index (χ0v) is 16.7. The number of nitrogens with two attached hydrogens (primary N) is 1. The summed E-state index contributed by atoms with van der Waals surface area (Å²) in [7, 11) is 0. The average Bonchev–Trinajstić information content (AvgIpc) is 3.23. The number of hydrogen-bond donors (Lipinski definition) is 1. The number of halogens is 5. The number of primary amides is 1. The van der Waals surface area contributed by atoms with E-state index in [9.17, 15) is 22.4 Å². The first-order valence-corrected chi connectivity index (χ1v) is 9.45. The maximum atomic E-state index is 14.8. The predicted molar refractivity (Wildman–Crippen MR) is 106 cm³/mol. The summed E-state index contributed by atoms with van der Waals surface area (Å²) in [6.45, 7) is -0.203. The van der Waals surface area contributed by atoms with Gasteiger partial charge in [0.05, 0.1) is 0 Å². The number of carbonyl (C=O) groups excluding carboxylic acids is 1. The van der Waals surface area contributed by atoms with Gasteiger partial charge in [0.25, 0.3) is 0 Å². The van der Waals surface area contributed by atoms with Crippen LogP contribution in [0.4, 0.5) is 23.2 Å². The molecule has 6 nitrogen and oxygen atoms in total. The van der Waals surface area contributed by atoms with E-state index in [1.165, 1.54) is 47.4 Å². The molecule has 11 heteroatoms. The lowest BCUT2D eigenvalue weighted by Gasteiger charge is -2.32. The van der Waals surface area contributed by atoms with Gasteiger partial charge in [0.15, 0.2) is 0 Å². The van der Waals surface area contributed by atoms with Crippen LogP contribution >= 0.6 is 11.6 Å². The van der Waals surface area contributed by atoms with E-state index in [2.05, 4.69) is 14.7 Å². The molecule has 2 aromatic carbocycles. The third-order valence-corrected chi connectivity index (χ3v) is 4.83. The minimum atomic E-state index is -4.48. The molecule has 0 saturated carbocycles. The largest absolute Gasteiger partial charge is 0.389 e. The molecule has 1 amide bonds. The van der Waals surface area contributed by atoms with Crippen molar-refractivity contribution in [1.82, 2.24) is 10.1 Å². The molecule has 0 radical (unpaired) electrons. The van der Waals surface area contributed by atoms with Gasteiger partial charge < -0.3 is 15.2 Å². The summed E-state index contributed by atoms with van der Waals surface area (Å²) in [6, 6.07) is 8.91. The fourth-order valence-corrected chi connectivity index (χ4v) is 3.19. The summed E-state index contributed by atoms with van der Waals surface area (Å²) in [5.74, 6) is -1.43. The molecule has 164 valence electrons. The van der Waals surface area contributed by atoms with E-state index < -0.39 is 36.8 Å². The molecule has 0 unspecified atom stereocenters. The second kappa shape index (κ2) is 9.34. The van der Waals surface area contributed by atoms with Crippen molar-refractivity contribution in [3.63, 3.8) is 0 Å². The van der Waals surface area contributed by atoms with Gasteiger partial charge in [0, 0.05) is 34.8 Å². The molecule has 0 spiro atoms. The summed E-state index contributed by atoms with van der Waals surface area (Å²) in [5, 5.41) is 4.02. The van der Waals surface area contributed by atoms with Gasteiger partial charge in [0.2, 0.25) is 18.1 Å². The van der Waals surface area contributed by atoms with Crippen molar-refractivity contribution in [2.75, 3.05) is 4.90 Å². The van der Waals surface area contributed by atoms with Gasteiger partial charge in [-0.05, 0) is 36.8 Å². The van der Waals surface area contributed by atoms with Crippen LogP contribution in [0.15, 0.2) is 53.4 Å². The van der Waals surface area contributed by atoms with Crippen molar-refractivity contribution in [3.8, 4) is 11.4 Å². The highest BCUT2D eigenvalue weighted by molar-refractivity contribution is 6.30. The van der Waals surface area contributed by atoms with E-state index in [0.29, 0.717) is 16.3 Å². The second-order valence-electron chi connectivity index (χ2n) is 6.74. The summed E-state index contributed by atoms with van der Waals surface area (Å²) in [4.78, 5) is 17.2. The van der Waals surface area contributed by atoms with Gasteiger partial charge in [0.1, 0.15) is 11.9 Å². The van der Waals surface area contributed by atoms with Crippen molar-refractivity contribution in [2.45, 2.75) is 31.6 Å². The predicted octanol–water partition coefficient (Wildman–Crippen LogP) is 4.73. The summed E-state index contributed by atoms with van der Waals surface area (Å²) < 4.78 is 57.8. The minimum Gasteiger partial charge on any atom is -0.368 e. The Kier molecular flexibility index (Phi) is 6.79. The Morgan fingerprint density at radius 2 is 1.90 bits per heavy atom. The molecule has 0 aliphatic heterocycles. The third-order valence-electron chi connectivity index (χ3n) is 4.58. The first-order valence-electron chi connectivity index (χ1n) is 9.07. The van der Waals surface area contributed by atoms with Crippen LogP contribution in [0, 0.1) is 5.82 Å². The Morgan fingerprint density at radius 1 is 1.19 bits per heavy atom. The van der Waals surface area contributed by atoms with E-state index in [-0.39, 0.29) is 17.9 Å². The van der Waals surface area contributed by atoms with Crippen LogP contribution in [0.3, 0.4) is 0 Å². The van der Waals surface area contributed by atoms with Crippen LogP contribution in [0.1, 0.15) is 18.4 Å². The van der Waals surface area contributed by atoms with Gasteiger partial charge in [-0.2, -0.15) is 18.2 Å². The van der Waals surface area contributed by atoms with Crippen LogP contribution in [-0.4, -0.2) is 28.3 Å². The first kappa shape index (κ1) is 22.5. The zero-order chi connectivity index (χ0) is 22.6. The lowest BCUT2D eigenvalue weighted by molar-refractivity contribution is -0.138. The van der Waals surface area contributed by atoms with Gasteiger partial charge in [-0.1, -0.05) is 28.9 Å². The minimum absolute atomic E-state index is 0.139. The molecule has 1 atom stereocenters. The van der Waals surface area contributed by atoms with Crippen LogP contribution in [-0.2, 0) is 11.3 Å². The second-order valence-corrected chi connectivity index (χ2v) is 7.17. The summed E-state index contributed by atoms with van der Waals surface area (Å²) >= 11 is 5.89. The molecule has 0 bridgehead atoms. The number of hydrogen-bond acceptors (Lipinski definition) is 5. The molecule has 0 aliphatic rings. The van der Waals surface area contributed by atoms with Gasteiger partial charge in [-0.3, -0.25) is 4.79 Å². The number of rotatable bonds is 8. The molecular weight excluding hydrogens is 440 g/mol. The summed E-state index contributed by atoms with van der Waals surface area (Å²) in [6.07, 6.45) is -5.17. The molecule has 1 heterocycles. The maximum Gasteiger partial charge on any atom is 0.389 e. The standard InChI is InChI=1S/C20H17ClF4N4O2/c21-14-3-5-15(6-4-14)29(17(18(26)30)7-8-20(23,24)25)10-13-2-1-12(9-16(13)22)19-27-11-31-28-19/h1-6,9,11,17H,7-8,10H2,(H2,26,30)/t17-/m1/s1. The lowest BCUT2D eigenvalue weighted by atomic mass is 10.0.